The number of methoxy groups -OCH3 is 1. The molecule has 2 fully saturated rings. The van der Waals surface area contributed by atoms with Gasteiger partial charge in [-0.05, 0) is 57.5 Å². The highest BCUT2D eigenvalue weighted by Crippen LogP contribution is 2.33. The van der Waals surface area contributed by atoms with Crippen molar-refractivity contribution in [1.29, 1.82) is 0 Å². The Morgan fingerprint density at radius 3 is 2.79 bits per heavy atom. The van der Waals surface area contributed by atoms with E-state index in [1.54, 1.807) is 7.11 Å². The summed E-state index contributed by atoms with van der Waals surface area (Å²) >= 11 is 6.20. The number of nitrogens with zero attached hydrogens (tertiary/aromatic N) is 3. The Hall–Kier alpha value is -0.930. The van der Waals surface area contributed by atoms with E-state index < -0.39 is 0 Å². The minimum Gasteiger partial charge on any atom is -0.495 e. The lowest BCUT2D eigenvalue weighted by atomic mass is 10.1. The minimum atomic E-state index is 0. The van der Waals surface area contributed by atoms with Crippen LogP contribution >= 0.6 is 35.6 Å². The van der Waals surface area contributed by atoms with Gasteiger partial charge in [0.05, 0.1) is 12.8 Å². The number of ether oxygens (including phenoxy) is 1. The van der Waals surface area contributed by atoms with Gasteiger partial charge in [-0.2, -0.15) is 0 Å². The van der Waals surface area contributed by atoms with Crippen molar-refractivity contribution in [2.24, 2.45) is 10.9 Å². The van der Waals surface area contributed by atoms with Gasteiger partial charge in [-0.1, -0.05) is 11.6 Å². The summed E-state index contributed by atoms with van der Waals surface area (Å²) in [7, 11) is 3.89. The Labute approximate surface area is 191 Å². The number of nitrogens with one attached hydrogen (secondary N) is 2. The van der Waals surface area contributed by atoms with Crippen LogP contribution in [0.2, 0.25) is 5.02 Å². The van der Waals surface area contributed by atoms with Crippen LogP contribution in [0.3, 0.4) is 0 Å². The molecule has 2 atom stereocenters. The Balaban J connectivity index is 0.00000280. The van der Waals surface area contributed by atoms with Crippen molar-refractivity contribution in [1.82, 2.24) is 15.5 Å². The van der Waals surface area contributed by atoms with E-state index in [-0.39, 0.29) is 24.0 Å². The van der Waals surface area contributed by atoms with E-state index >= 15 is 0 Å². The quantitative estimate of drug-likeness (QED) is 0.342. The molecule has 28 heavy (non-hydrogen) atoms. The predicted octanol–water partition coefficient (Wildman–Crippen LogP) is 3.05. The molecule has 0 spiro atoms. The number of rotatable bonds is 6. The largest absolute Gasteiger partial charge is 0.495 e. The molecule has 2 heterocycles. The van der Waals surface area contributed by atoms with Crippen molar-refractivity contribution in [2.75, 3.05) is 58.3 Å². The molecule has 2 saturated heterocycles. The van der Waals surface area contributed by atoms with E-state index in [0.717, 1.165) is 61.6 Å². The zero-order valence-corrected chi connectivity index (χ0v) is 20.2. The summed E-state index contributed by atoms with van der Waals surface area (Å²) in [5.41, 5.74) is 1.06. The maximum atomic E-state index is 6.20. The number of anilines is 1. The Kier molecular flexibility index (Phi) is 9.43. The molecule has 2 aliphatic heterocycles. The summed E-state index contributed by atoms with van der Waals surface area (Å²) in [6.45, 7) is 8.08. The van der Waals surface area contributed by atoms with Crippen molar-refractivity contribution in [3.63, 3.8) is 0 Å². The van der Waals surface area contributed by atoms with Gasteiger partial charge in [0.15, 0.2) is 5.96 Å². The molecular weight excluding hydrogens is 489 g/mol. The van der Waals surface area contributed by atoms with Crippen LogP contribution in [-0.4, -0.2) is 70.3 Å². The molecule has 6 nitrogen and oxygen atoms in total. The molecule has 8 heteroatoms. The van der Waals surface area contributed by atoms with Crippen molar-refractivity contribution < 1.29 is 4.74 Å². The van der Waals surface area contributed by atoms with Crippen LogP contribution in [0.25, 0.3) is 0 Å². The normalized spacial score (nSPS) is 22.9. The summed E-state index contributed by atoms with van der Waals surface area (Å²) < 4.78 is 5.51. The first-order valence-electron chi connectivity index (χ1n) is 9.91. The average molecular weight is 522 g/mol. The number of benzene rings is 1. The maximum Gasteiger partial charge on any atom is 0.191 e. The number of likely N-dealkylation sites (tertiary alicyclic amines) is 1. The number of halogens is 2. The van der Waals surface area contributed by atoms with E-state index in [2.05, 4.69) is 34.4 Å². The predicted molar refractivity (Wildman–Crippen MR) is 129 cm³/mol. The topological polar surface area (TPSA) is 52.1 Å². The van der Waals surface area contributed by atoms with Gasteiger partial charge in [0, 0.05) is 43.8 Å². The van der Waals surface area contributed by atoms with Crippen LogP contribution in [0.1, 0.15) is 19.8 Å². The summed E-state index contributed by atoms with van der Waals surface area (Å²) in [6, 6.07) is 6.14. The molecule has 2 aliphatic rings. The highest BCUT2D eigenvalue weighted by molar-refractivity contribution is 14.0. The van der Waals surface area contributed by atoms with Crippen molar-refractivity contribution in [3.05, 3.63) is 23.2 Å². The third-order valence-corrected chi connectivity index (χ3v) is 5.59. The molecule has 2 unspecified atom stereocenters. The van der Waals surface area contributed by atoms with Gasteiger partial charge < -0.3 is 25.2 Å². The summed E-state index contributed by atoms with van der Waals surface area (Å²) in [4.78, 5) is 9.56. The van der Waals surface area contributed by atoms with Crippen LogP contribution in [0.15, 0.2) is 23.2 Å². The number of guanidine groups is 1. The molecule has 0 radical (unpaired) electrons. The fourth-order valence-corrected chi connectivity index (χ4v) is 4.08. The fraction of sp³-hybridized carbons (Fsp3) is 0.650. The zero-order chi connectivity index (χ0) is 19.2. The lowest BCUT2D eigenvalue weighted by molar-refractivity contribution is 0.397. The highest BCUT2D eigenvalue weighted by Gasteiger charge is 2.26. The van der Waals surface area contributed by atoms with Gasteiger partial charge in [0.2, 0.25) is 0 Å². The second-order valence-corrected chi connectivity index (χ2v) is 7.97. The Morgan fingerprint density at radius 2 is 2.11 bits per heavy atom. The molecule has 0 amide bonds. The van der Waals surface area contributed by atoms with Crippen LogP contribution in [-0.2, 0) is 0 Å². The number of hydrogen-bond donors (Lipinski definition) is 2. The van der Waals surface area contributed by atoms with E-state index in [4.69, 9.17) is 21.3 Å². The third kappa shape index (κ3) is 6.29. The van der Waals surface area contributed by atoms with E-state index in [0.29, 0.717) is 12.0 Å². The monoisotopic (exact) mass is 521 g/mol. The van der Waals surface area contributed by atoms with Crippen LogP contribution in [0, 0.1) is 5.92 Å². The van der Waals surface area contributed by atoms with Gasteiger partial charge in [0.25, 0.3) is 0 Å². The van der Waals surface area contributed by atoms with E-state index in [9.17, 15) is 0 Å². The standard InChI is InChI=1S/C20H32ClN5O.HI/c1-4-22-20(23-12-15-7-9-25(2)13-15)24-17-8-10-26(14-17)18-11-16(21)5-6-19(18)27-3;/h5-6,11,15,17H,4,7-10,12-14H2,1-3H3,(H2,22,23,24);1H. The van der Waals surface area contributed by atoms with Crippen molar-refractivity contribution in [2.45, 2.75) is 25.8 Å². The second kappa shape index (κ2) is 11.3. The SMILES string of the molecule is CCNC(=NCC1CCN(C)C1)NC1CCN(c2cc(Cl)ccc2OC)C1.I. The molecule has 3 rings (SSSR count). The van der Waals surface area contributed by atoms with Gasteiger partial charge in [-0.15, -0.1) is 24.0 Å². The zero-order valence-electron chi connectivity index (χ0n) is 17.1. The molecule has 158 valence electrons. The molecule has 0 aliphatic carbocycles. The van der Waals surface area contributed by atoms with Gasteiger partial charge in [-0.25, -0.2) is 0 Å². The first kappa shape index (κ1) is 23.3. The average Bonchev–Trinajstić information content (AvgIpc) is 3.29. The lowest BCUT2D eigenvalue weighted by Gasteiger charge is -2.22. The van der Waals surface area contributed by atoms with E-state index in [1.807, 2.05) is 18.2 Å². The Bertz CT molecular complexity index is 659. The first-order valence-corrected chi connectivity index (χ1v) is 10.3. The maximum absolute atomic E-state index is 6.20. The Morgan fingerprint density at radius 1 is 1.29 bits per heavy atom. The van der Waals surface area contributed by atoms with Crippen molar-refractivity contribution >= 4 is 47.2 Å². The van der Waals surface area contributed by atoms with E-state index in [1.165, 1.54) is 13.0 Å². The number of hydrogen-bond acceptors (Lipinski definition) is 4. The molecular formula is C20H33ClIN5O. The highest BCUT2D eigenvalue weighted by atomic mass is 127. The molecule has 0 aromatic heterocycles. The molecule has 1 aromatic carbocycles. The molecule has 2 N–H and O–H groups in total. The lowest BCUT2D eigenvalue weighted by Crippen LogP contribution is -2.45. The molecule has 0 saturated carbocycles. The van der Waals surface area contributed by atoms with Crippen LogP contribution in [0.4, 0.5) is 5.69 Å². The molecule has 0 bridgehead atoms. The summed E-state index contributed by atoms with van der Waals surface area (Å²) in [5, 5.41) is 7.74. The fourth-order valence-electron chi connectivity index (χ4n) is 3.92. The third-order valence-electron chi connectivity index (χ3n) is 5.35. The second-order valence-electron chi connectivity index (χ2n) is 7.53. The summed E-state index contributed by atoms with van der Waals surface area (Å²) in [5.74, 6) is 2.46. The van der Waals surface area contributed by atoms with Gasteiger partial charge in [-0.3, -0.25) is 4.99 Å². The summed E-state index contributed by atoms with van der Waals surface area (Å²) in [6.07, 6.45) is 2.30. The molecule has 1 aromatic rings. The van der Waals surface area contributed by atoms with Crippen molar-refractivity contribution in [3.8, 4) is 5.75 Å². The first-order chi connectivity index (χ1) is 13.1. The minimum absolute atomic E-state index is 0. The van der Waals surface area contributed by atoms with Crippen LogP contribution < -0.4 is 20.3 Å². The van der Waals surface area contributed by atoms with Crippen LogP contribution in [0.5, 0.6) is 5.75 Å². The van der Waals surface area contributed by atoms with Gasteiger partial charge >= 0.3 is 0 Å². The smallest absolute Gasteiger partial charge is 0.191 e. The van der Waals surface area contributed by atoms with Gasteiger partial charge in [0.1, 0.15) is 5.75 Å². The number of aliphatic imine (C=N–C) groups is 1.